The van der Waals surface area contributed by atoms with Crippen molar-refractivity contribution in [3.63, 3.8) is 0 Å². The van der Waals surface area contributed by atoms with E-state index in [1.165, 1.54) is 24.3 Å². The van der Waals surface area contributed by atoms with Crippen LogP contribution in [0.5, 0.6) is 0 Å². The van der Waals surface area contributed by atoms with Crippen molar-refractivity contribution in [1.29, 1.82) is 0 Å². The highest BCUT2D eigenvalue weighted by atomic mass is 19.4. The van der Waals surface area contributed by atoms with E-state index < -0.39 is 17.7 Å². The third-order valence-electron chi connectivity index (χ3n) is 4.22. The summed E-state index contributed by atoms with van der Waals surface area (Å²) >= 11 is 0. The number of carboxylic acids is 1. The van der Waals surface area contributed by atoms with Gasteiger partial charge in [-0.2, -0.15) is 13.2 Å². The first-order valence-corrected chi connectivity index (χ1v) is 7.86. The van der Waals surface area contributed by atoms with Crippen molar-refractivity contribution >= 4 is 5.97 Å². The van der Waals surface area contributed by atoms with Crippen LogP contribution >= 0.6 is 0 Å². The molecule has 1 atom stereocenters. The lowest BCUT2D eigenvalue weighted by Gasteiger charge is -2.26. The van der Waals surface area contributed by atoms with Crippen LogP contribution < -0.4 is 0 Å². The third-order valence-corrected chi connectivity index (χ3v) is 4.22. The van der Waals surface area contributed by atoms with Gasteiger partial charge in [-0.1, -0.05) is 30.3 Å². The van der Waals surface area contributed by atoms with Gasteiger partial charge in [0.2, 0.25) is 0 Å². The molecule has 0 fully saturated rings. The van der Waals surface area contributed by atoms with Gasteiger partial charge in [0, 0.05) is 12.6 Å². The molecule has 0 aliphatic carbocycles. The van der Waals surface area contributed by atoms with Crippen LogP contribution in [0.3, 0.4) is 0 Å². The molecule has 25 heavy (non-hydrogen) atoms. The zero-order chi connectivity index (χ0) is 18.6. The number of aromatic carboxylic acids is 1. The van der Waals surface area contributed by atoms with Crippen LogP contribution in [0.4, 0.5) is 13.2 Å². The maximum absolute atomic E-state index is 13.1. The number of likely N-dealkylation sites (N-methyl/N-ethyl adjacent to an activating group) is 1. The first-order valence-electron chi connectivity index (χ1n) is 7.86. The van der Waals surface area contributed by atoms with Gasteiger partial charge in [0.25, 0.3) is 0 Å². The SMILES string of the molecule is CC(Cc1ccccc1C(F)(F)F)N(C)Cc1ccc(C(=O)O)cc1. The summed E-state index contributed by atoms with van der Waals surface area (Å²) in [6, 6.07) is 12.0. The molecule has 1 unspecified atom stereocenters. The van der Waals surface area contributed by atoms with Crippen molar-refractivity contribution in [3.05, 3.63) is 70.8 Å². The fraction of sp³-hybridized carbons (Fsp3) is 0.316. The highest BCUT2D eigenvalue weighted by Crippen LogP contribution is 2.32. The molecular formula is C19H20F3NO2. The van der Waals surface area contributed by atoms with Gasteiger partial charge in [-0.05, 0) is 49.7 Å². The number of hydrogen-bond acceptors (Lipinski definition) is 2. The Hall–Kier alpha value is -2.34. The summed E-state index contributed by atoms with van der Waals surface area (Å²) in [5, 5.41) is 8.90. The average molecular weight is 351 g/mol. The molecule has 0 aliphatic rings. The van der Waals surface area contributed by atoms with Crippen molar-refractivity contribution < 1.29 is 23.1 Å². The molecule has 6 heteroatoms. The molecule has 0 saturated carbocycles. The summed E-state index contributed by atoms with van der Waals surface area (Å²) in [6.07, 6.45) is -4.08. The van der Waals surface area contributed by atoms with Crippen LogP contribution in [0.15, 0.2) is 48.5 Å². The Kier molecular flexibility index (Phi) is 5.85. The van der Waals surface area contributed by atoms with Crippen LogP contribution in [-0.4, -0.2) is 29.1 Å². The molecule has 0 aromatic heterocycles. The zero-order valence-electron chi connectivity index (χ0n) is 14.0. The minimum absolute atomic E-state index is 0.109. The quantitative estimate of drug-likeness (QED) is 0.835. The summed E-state index contributed by atoms with van der Waals surface area (Å²) in [5.41, 5.74) is 0.790. The first-order chi connectivity index (χ1) is 11.7. The Labute approximate surface area is 144 Å². The topological polar surface area (TPSA) is 40.5 Å². The van der Waals surface area contributed by atoms with Gasteiger partial charge < -0.3 is 5.11 Å². The van der Waals surface area contributed by atoms with E-state index in [2.05, 4.69) is 0 Å². The number of halogens is 3. The number of alkyl halides is 3. The van der Waals surface area contributed by atoms with Crippen molar-refractivity contribution in [2.45, 2.75) is 32.1 Å². The van der Waals surface area contributed by atoms with Crippen molar-refractivity contribution in [2.24, 2.45) is 0 Å². The normalized spacial score (nSPS) is 13.0. The van der Waals surface area contributed by atoms with E-state index in [4.69, 9.17) is 5.11 Å². The smallest absolute Gasteiger partial charge is 0.416 e. The van der Waals surface area contributed by atoms with Crippen LogP contribution in [0.25, 0.3) is 0 Å². The van der Waals surface area contributed by atoms with Gasteiger partial charge >= 0.3 is 12.1 Å². The number of carbonyl (C=O) groups is 1. The molecule has 0 radical (unpaired) electrons. The van der Waals surface area contributed by atoms with E-state index in [9.17, 15) is 18.0 Å². The number of carboxylic acid groups (broad SMARTS) is 1. The molecule has 2 rings (SSSR count). The summed E-state index contributed by atoms with van der Waals surface area (Å²) in [6.45, 7) is 2.40. The average Bonchev–Trinajstić information content (AvgIpc) is 2.54. The van der Waals surface area contributed by atoms with Crippen molar-refractivity contribution in [3.8, 4) is 0 Å². The Morgan fingerprint density at radius 1 is 1.12 bits per heavy atom. The lowest BCUT2D eigenvalue weighted by atomic mass is 9.99. The molecular weight excluding hydrogens is 331 g/mol. The van der Waals surface area contributed by atoms with Crippen LogP contribution in [-0.2, 0) is 19.1 Å². The fourth-order valence-electron chi connectivity index (χ4n) is 2.65. The first kappa shape index (κ1) is 19.0. The summed E-state index contributed by atoms with van der Waals surface area (Å²) in [5.74, 6) is -0.989. The summed E-state index contributed by atoms with van der Waals surface area (Å²) in [4.78, 5) is 12.8. The van der Waals surface area contributed by atoms with Crippen LogP contribution in [0, 0.1) is 0 Å². The molecule has 1 N–H and O–H groups in total. The van der Waals surface area contributed by atoms with Gasteiger partial charge in [-0.3, -0.25) is 4.90 Å². The van der Waals surface area contributed by atoms with Crippen LogP contribution in [0.2, 0.25) is 0 Å². The van der Waals surface area contributed by atoms with E-state index in [-0.39, 0.29) is 23.6 Å². The summed E-state index contributed by atoms with van der Waals surface area (Å²) < 4.78 is 39.3. The minimum atomic E-state index is -4.36. The molecule has 0 amide bonds. The second-order valence-corrected chi connectivity index (χ2v) is 6.13. The summed E-state index contributed by atoms with van der Waals surface area (Å²) in [7, 11) is 1.84. The predicted octanol–water partition coefficient (Wildman–Crippen LogP) is 4.47. The van der Waals surface area contributed by atoms with E-state index >= 15 is 0 Å². The Bertz CT molecular complexity index is 726. The molecule has 0 spiro atoms. The van der Waals surface area contributed by atoms with Gasteiger partial charge in [-0.15, -0.1) is 0 Å². The molecule has 0 saturated heterocycles. The van der Waals surface area contributed by atoms with Crippen molar-refractivity contribution in [2.75, 3.05) is 7.05 Å². The Morgan fingerprint density at radius 2 is 1.72 bits per heavy atom. The van der Waals surface area contributed by atoms with Gasteiger partial charge in [0.15, 0.2) is 0 Å². The van der Waals surface area contributed by atoms with Gasteiger partial charge in [0.05, 0.1) is 11.1 Å². The second-order valence-electron chi connectivity index (χ2n) is 6.13. The van der Waals surface area contributed by atoms with E-state index in [1.54, 1.807) is 18.2 Å². The molecule has 0 heterocycles. The monoisotopic (exact) mass is 351 g/mol. The van der Waals surface area contributed by atoms with Gasteiger partial charge in [-0.25, -0.2) is 4.79 Å². The minimum Gasteiger partial charge on any atom is -0.478 e. The predicted molar refractivity (Wildman–Crippen MR) is 89.5 cm³/mol. The van der Waals surface area contributed by atoms with E-state index in [1.807, 2.05) is 18.9 Å². The van der Waals surface area contributed by atoms with Crippen LogP contribution in [0.1, 0.15) is 34.0 Å². The maximum atomic E-state index is 13.1. The van der Waals surface area contributed by atoms with Crippen molar-refractivity contribution in [1.82, 2.24) is 4.90 Å². The second kappa shape index (κ2) is 7.70. The molecule has 2 aromatic rings. The number of rotatable bonds is 6. The largest absolute Gasteiger partial charge is 0.478 e. The molecule has 134 valence electrons. The highest BCUT2D eigenvalue weighted by Gasteiger charge is 2.33. The molecule has 2 aromatic carbocycles. The van der Waals surface area contributed by atoms with Gasteiger partial charge in [0.1, 0.15) is 0 Å². The van der Waals surface area contributed by atoms with E-state index in [0.717, 1.165) is 11.6 Å². The molecule has 0 aliphatic heterocycles. The zero-order valence-corrected chi connectivity index (χ0v) is 14.0. The number of benzene rings is 2. The Morgan fingerprint density at radius 3 is 2.28 bits per heavy atom. The Balaban J connectivity index is 2.06. The number of nitrogens with zero attached hydrogens (tertiary/aromatic N) is 1. The molecule has 0 bridgehead atoms. The highest BCUT2D eigenvalue weighted by molar-refractivity contribution is 5.87. The standard InChI is InChI=1S/C19H20F3NO2/c1-13(11-16-5-3-4-6-17(16)19(20,21)22)23(2)12-14-7-9-15(10-8-14)18(24)25/h3-10,13H,11-12H2,1-2H3,(H,24,25). The third kappa shape index (κ3) is 5.06. The lowest BCUT2D eigenvalue weighted by Crippen LogP contribution is -2.31. The number of hydrogen-bond donors (Lipinski definition) is 1. The lowest BCUT2D eigenvalue weighted by molar-refractivity contribution is -0.138. The maximum Gasteiger partial charge on any atom is 0.416 e. The fourth-order valence-corrected chi connectivity index (χ4v) is 2.65. The van der Waals surface area contributed by atoms with E-state index in [0.29, 0.717) is 6.54 Å². The molecule has 3 nitrogen and oxygen atoms in total.